The van der Waals surface area contributed by atoms with E-state index in [0.717, 1.165) is 0 Å². The third-order valence-corrected chi connectivity index (χ3v) is 2.29. The van der Waals surface area contributed by atoms with Gasteiger partial charge in [-0.25, -0.2) is 4.79 Å². The standard InChI is InChI=1S/C11H22N2O4/c1-4-17-9(3)7-13-11(16)12-6-5-8(2)10(14)15/h8-9H,4-7H2,1-3H3,(H,14,15)(H2,12,13,16). The van der Waals surface area contributed by atoms with Crippen LogP contribution in [0.15, 0.2) is 0 Å². The van der Waals surface area contributed by atoms with Gasteiger partial charge in [0.05, 0.1) is 12.0 Å². The summed E-state index contributed by atoms with van der Waals surface area (Å²) < 4.78 is 5.25. The summed E-state index contributed by atoms with van der Waals surface area (Å²) in [4.78, 5) is 21.8. The molecule has 0 radical (unpaired) electrons. The summed E-state index contributed by atoms with van der Waals surface area (Å²) in [5.41, 5.74) is 0. The summed E-state index contributed by atoms with van der Waals surface area (Å²) in [7, 11) is 0. The SMILES string of the molecule is CCOC(C)CNC(=O)NCCC(C)C(=O)O. The zero-order chi connectivity index (χ0) is 13.3. The molecule has 0 heterocycles. The lowest BCUT2D eigenvalue weighted by molar-refractivity contribution is -0.141. The number of aliphatic carboxylic acids is 1. The topological polar surface area (TPSA) is 87.7 Å². The van der Waals surface area contributed by atoms with Crippen LogP contribution in [-0.4, -0.2) is 42.9 Å². The molecular formula is C11H22N2O4. The monoisotopic (exact) mass is 246 g/mol. The van der Waals surface area contributed by atoms with Crippen molar-refractivity contribution in [3.63, 3.8) is 0 Å². The summed E-state index contributed by atoms with van der Waals surface area (Å²) in [5, 5.41) is 13.9. The van der Waals surface area contributed by atoms with Gasteiger partial charge in [0.1, 0.15) is 0 Å². The lowest BCUT2D eigenvalue weighted by Gasteiger charge is -2.13. The number of carboxylic acids is 1. The fourth-order valence-electron chi connectivity index (χ4n) is 1.17. The van der Waals surface area contributed by atoms with Gasteiger partial charge in [-0.1, -0.05) is 6.92 Å². The summed E-state index contributed by atoms with van der Waals surface area (Å²) >= 11 is 0. The predicted molar refractivity (Wildman–Crippen MR) is 63.9 cm³/mol. The Labute approximate surface area is 102 Å². The number of amides is 2. The van der Waals surface area contributed by atoms with Crippen molar-refractivity contribution in [1.29, 1.82) is 0 Å². The number of carbonyl (C=O) groups excluding carboxylic acids is 1. The molecule has 0 saturated carbocycles. The highest BCUT2D eigenvalue weighted by Crippen LogP contribution is 1.99. The Kier molecular flexibility index (Phi) is 8.13. The maximum atomic E-state index is 11.3. The van der Waals surface area contributed by atoms with Gasteiger partial charge in [0, 0.05) is 19.7 Å². The van der Waals surface area contributed by atoms with Crippen LogP contribution in [-0.2, 0) is 9.53 Å². The van der Waals surface area contributed by atoms with Gasteiger partial charge in [0.2, 0.25) is 0 Å². The first-order chi connectivity index (χ1) is 7.97. The molecule has 17 heavy (non-hydrogen) atoms. The van der Waals surface area contributed by atoms with Crippen LogP contribution in [0.4, 0.5) is 4.79 Å². The highest BCUT2D eigenvalue weighted by atomic mass is 16.5. The summed E-state index contributed by atoms with van der Waals surface area (Å²) in [6.45, 7) is 6.77. The molecule has 6 nitrogen and oxygen atoms in total. The molecule has 0 aromatic heterocycles. The summed E-state index contributed by atoms with van der Waals surface area (Å²) in [6.07, 6.45) is 0.396. The molecule has 3 N–H and O–H groups in total. The Morgan fingerprint density at radius 3 is 2.47 bits per heavy atom. The smallest absolute Gasteiger partial charge is 0.314 e. The molecule has 0 aliphatic carbocycles. The van der Waals surface area contributed by atoms with Crippen molar-refractivity contribution >= 4 is 12.0 Å². The van der Waals surface area contributed by atoms with Crippen LogP contribution in [0, 0.1) is 5.92 Å². The number of urea groups is 1. The van der Waals surface area contributed by atoms with Gasteiger partial charge < -0.3 is 20.5 Å². The third kappa shape index (κ3) is 8.50. The van der Waals surface area contributed by atoms with Crippen LogP contribution in [0.25, 0.3) is 0 Å². The maximum absolute atomic E-state index is 11.3. The minimum atomic E-state index is -0.850. The Bertz CT molecular complexity index is 246. The third-order valence-electron chi connectivity index (χ3n) is 2.29. The summed E-state index contributed by atoms with van der Waals surface area (Å²) in [6, 6.07) is -0.297. The summed E-state index contributed by atoms with van der Waals surface area (Å²) in [5.74, 6) is -1.30. The second kappa shape index (κ2) is 8.81. The first-order valence-corrected chi connectivity index (χ1v) is 5.83. The van der Waals surface area contributed by atoms with E-state index in [9.17, 15) is 9.59 Å². The first-order valence-electron chi connectivity index (χ1n) is 5.83. The zero-order valence-corrected chi connectivity index (χ0v) is 10.7. The number of carbonyl (C=O) groups is 2. The maximum Gasteiger partial charge on any atom is 0.314 e. The van der Waals surface area contributed by atoms with Gasteiger partial charge in [-0.05, 0) is 20.3 Å². The highest BCUT2D eigenvalue weighted by Gasteiger charge is 2.11. The molecule has 2 atom stereocenters. The van der Waals surface area contributed by atoms with Crippen molar-refractivity contribution < 1.29 is 19.4 Å². The molecule has 0 spiro atoms. The van der Waals surface area contributed by atoms with E-state index < -0.39 is 11.9 Å². The number of ether oxygens (including phenoxy) is 1. The molecule has 6 heteroatoms. The Balaban J connectivity index is 3.56. The van der Waals surface area contributed by atoms with Crippen LogP contribution in [0.2, 0.25) is 0 Å². The van der Waals surface area contributed by atoms with Gasteiger partial charge in [0.25, 0.3) is 0 Å². The fourth-order valence-corrected chi connectivity index (χ4v) is 1.17. The van der Waals surface area contributed by atoms with Crippen LogP contribution in [0.1, 0.15) is 27.2 Å². The van der Waals surface area contributed by atoms with Crippen LogP contribution in [0.5, 0.6) is 0 Å². The average Bonchev–Trinajstić information content (AvgIpc) is 2.26. The van der Waals surface area contributed by atoms with E-state index in [1.165, 1.54) is 0 Å². The molecule has 0 fully saturated rings. The minimum Gasteiger partial charge on any atom is -0.481 e. The molecule has 0 aliphatic rings. The molecule has 2 amide bonds. The van der Waals surface area contributed by atoms with Crippen molar-refractivity contribution in [2.45, 2.75) is 33.3 Å². The minimum absolute atomic E-state index is 0.0244. The van der Waals surface area contributed by atoms with Gasteiger partial charge >= 0.3 is 12.0 Å². The van der Waals surface area contributed by atoms with Gasteiger partial charge in [-0.15, -0.1) is 0 Å². The lowest BCUT2D eigenvalue weighted by atomic mass is 10.1. The van der Waals surface area contributed by atoms with E-state index in [2.05, 4.69) is 10.6 Å². The Hall–Kier alpha value is -1.30. The number of hydrogen-bond donors (Lipinski definition) is 3. The second-order valence-corrected chi connectivity index (χ2v) is 3.93. The predicted octanol–water partition coefficient (Wildman–Crippen LogP) is 0.821. The number of rotatable bonds is 8. The number of nitrogens with one attached hydrogen (secondary N) is 2. The van der Waals surface area contributed by atoms with Crippen molar-refractivity contribution in [2.24, 2.45) is 5.92 Å². The molecule has 0 rings (SSSR count). The molecule has 0 bridgehead atoms. The Morgan fingerprint density at radius 2 is 1.94 bits per heavy atom. The van der Waals surface area contributed by atoms with E-state index in [1.54, 1.807) is 6.92 Å². The van der Waals surface area contributed by atoms with Crippen LogP contribution >= 0.6 is 0 Å². The van der Waals surface area contributed by atoms with Crippen LogP contribution in [0.3, 0.4) is 0 Å². The van der Waals surface area contributed by atoms with Crippen LogP contribution < -0.4 is 10.6 Å². The van der Waals surface area contributed by atoms with Crippen molar-refractivity contribution in [2.75, 3.05) is 19.7 Å². The van der Waals surface area contributed by atoms with Crippen molar-refractivity contribution in [3.05, 3.63) is 0 Å². The molecule has 0 aliphatic heterocycles. The van der Waals surface area contributed by atoms with E-state index in [1.807, 2.05) is 13.8 Å². The zero-order valence-electron chi connectivity index (χ0n) is 10.7. The largest absolute Gasteiger partial charge is 0.481 e. The number of hydrogen-bond acceptors (Lipinski definition) is 3. The van der Waals surface area contributed by atoms with E-state index in [0.29, 0.717) is 26.1 Å². The van der Waals surface area contributed by atoms with Gasteiger partial charge in [-0.3, -0.25) is 4.79 Å². The lowest BCUT2D eigenvalue weighted by Crippen LogP contribution is -2.40. The molecule has 0 aromatic rings. The molecule has 2 unspecified atom stereocenters. The van der Waals surface area contributed by atoms with Gasteiger partial charge in [-0.2, -0.15) is 0 Å². The van der Waals surface area contributed by atoms with E-state index in [-0.39, 0.29) is 12.1 Å². The van der Waals surface area contributed by atoms with Crippen molar-refractivity contribution in [3.8, 4) is 0 Å². The molecule has 0 aromatic carbocycles. The highest BCUT2D eigenvalue weighted by molar-refractivity contribution is 5.74. The normalized spacial score (nSPS) is 13.8. The quantitative estimate of drug-likeness (QED) is 0.591. The first kappa shape index (κ1) is 15.7. The molecular weight excluding hydrogens is 224 g/mol. The van der Waals surface area contributed by atoms with E-state index >= 15 is 0 Å². The molecule has 0 saturated heterocycles. The van der Waals surface area contributed by atoms with E-state index in [4.69, 9.17) is 9.84 Å². The average molecular weight is 246 g/mol. The van der Waals surface area contributed by atoms with Crippen molar-refractivity contribution in [1.82, 2.24) is 10.6 Å². The molecule has 100 valence electrons. The fraction of sp³-hybridized carbons (Fsp3) is 0.818. The second-order valence-electron chi connectivity index (χ2n) is 3.93. The Morgan fingerprint density at radius 1 is 1.29 bits per heavy atom. The number of carboxylic acid groups (broad SMARTS) is 1. The van der Waals surface area contributed by atoms with Gasteiger partial charge in [0.15, 0.2) is 0 Å².